The van der Waals surface area contributed by atoms with E-state index < -0.39 is 0 Å². The van der Waals surface area contributed by atoms with Gasteiger partial charge in [0.2, 0.25) is 5.91 Å². The summed E-state index contributed by atoms with van der Waals surface area (Å²) in [5.74, 6) is 0.253. The Morgan fingerprint density at radius 1 is 1.11 bits per heavy atom. The monoisotopic (exact) mass is 368 g/mol. The SMILES string of the molecule is CC(=O)Nc1cc(-c2[nH]c3c(C#N)ccnc3c2-c2ccc(C)nc2)ccn1. The van der Waals surface area contributed by atoms with Crippen LogP contribution in [0.25, 0.3) is 33.4 Å². The van der Waals surface area contributed by atoms with Crippen LogP contribution in [-0.2, 0) is 4.79 Å². The predicted octanol–water partition coefficient (Wildman–Crippen LogP) is 3.83. The molecule has 4 rings (SSSR count). The van der Waals surface area contributed by atoms with E-state index in [9.17, 15) is 10.1 Å². The smallest absolute Gasteiger partial charge is 0.222 e. The van der Waals surface area contributed by atoms with Gasteiger partial charge in [-0.05, 0) is 31.2 Å². The molecule has 136 valence electrons. The third-order valence-corrected chi connectivity index (χ3v) is 4.36. The van der Waals surface area contributed by atoms with Crippen molar-refractivity contribution in [2.24, 2.45) is 0 Å². The minimum atomic E-state index is -0.197. The van der Waals surface area contributed by atoms with Gasteiger partial charge in [0.05, 0.1) is 22.3 Å². The number of nitrogens with one attached hydrogen (secondary N) is 2. The van der Waals surface area contributed by atoms with E-state index in [1.807, 2.05) is 25.1 Å². The number of hydrogen-bond donors (Lipinski definition) is 2. The molecule has 0 fully saturated rings. The zero-order valence-corrected chi connectivity index (χ0v) is 15.3. The summed E-state index contributed by atoms with van der Waals surface area (Å²) in [5.41, 5.74) is 6.10. The van der Waals surface area contributed by atoms with Crippen LogP contribution in [-0.4, -0.2) is 25.8 Å². The molecule has 4 aromatic heterocycles. The van der Waals surface area contributed by atoms with Gasteiger partial charge in [-0.1, -0.05) is 6.07 Å². The molecular weight excluding hydrogens is 352 g/mol. The number of aromatic amines is 1. The first kappa shape index (κ1) is 17.4. The molecule has 0 unspecified atom stereocenters. The number of rotatable bonds is 3. The third kappa shape index (κ3) is 3.08. The lowest BCUT2D eigenvalue weighted by Gasteiger charge is -2.07. The number of pyridine rings is 3. The fourth-order valence-corrected chi connectivity index (χ4v) is 3.12. The number of H-pyrrole nitrogens is 1. The maximum Gasteiger partial charge on any atom is 0.222 e. The van der Waals surface area contributed by atoms with Crippen molar-refractivity contribution < 1.29 is 4.79 Å². The summed E-state index contributed by atoms with van der Waals surface area (Å²) in [5, 5.41) is 12.2. The highest BCUT2D eigenvalue weighted by molar-refractivity contribution is 6.03. The standard InChI is InChI=1S/C21H16N6O/c1-12-3-4-16(11-25-12)18-19(14-5-7-23-17(9-14)26-13(2)28)27-20-15(10-22)6-8-24-21(18)20/h3-9,11,27H,1-2H3,(H,23,26,28). The van der Waals surface area contributed by atoms with E-state index in [0.717, 1.165) is 28.1 Å². The van der Waals surface area contributed by atoms with Crippen LogP contribution < -0.4 is 5.32 Å². The van der Waals surface area contributed by atoms with E-state index in [-0.39, 0.29) is 5.91 Å². The van der Waals surface area contributed by atoms with Gasteiger partial charge in [0, 0.05) is 47.9 Å². The summed E-state index contributed by atoms with van der Waals surface area (Å²) in [4.78, 5) is 27.8. The molecule has 2 N–H and O–H groups in total. The van der Waals surface area contributed by atoms with Crippen LogP contribution in [0.4, 0.5) is 5.82 Å². The molecule has 28 heavy (non-hydrogen) atoms. The van der Waals surface area contributed by atoms with Crippen LogP contribution in [0, 0.1) is 18.3 Å². The Balaban J connectivity index is 2.00. The quantitative estimate of drug-likeness (QED) is 0.571. The first-order valence-electron chi connectivity index (χ1n) is 8.64. The number of anilines is 1. The van der Waals surface area contributed by atoms with Crippen molar-refractivity contribution in [2.75, 3.05) is 5.32 Å². The molecular formula is C21H16N6O. The number of fused-ring (bicyclic) bond motifs is 1. The minimum absolute atomic E-state index is 0.197. The number of nitriles is 1. The van der Waals surface area contributed by atoms with Gasteiger partial charge >= 0.3 is 0 Å². The Bertz CT molecular complexity index is 1230. The number of aryl methyl sites for hydroxylation is 1. The fraction of sp³-hybridized carbons (Fsp3) is 0.0952. The topological polar surface area (TPSA) is 107 Å². The van der Waals surface area contributed by atoms with Crippen molar-refractivity contribution in [1.29, 1.82) is 5.26 Å². The molecule has 0 bridgehead atoms. The highest BCUT2D eigenvalue weighted by atomic mass is 16.1. The lowest BCUT2D eigenvalue weighted by molar-refractivity contribution is -0.114. The van der Waals surface area contributed by atoms with Gasteiger partial charge in [-0.2, -0.15) is 5.26 Å². The van der Waals surface area contributed by atoms with Crippen molar-refractivity contribution in [2.45, 2.75) is 13.8 Å². The lowest BCUT2D eigenvalue weighted by atomic mass is 10.0. The van der Waals surface area contributed by atoms with Gasteiger partial charge in [0.25, 0.3) is 0 Å². The van der Waals surface area contributed by atoms with Gasteiger partial charge in [0.1, 0.15) is 11.9 Å². The molecule has 4 aromatic rings. The number of carbonyl (C=O) groups excluding carboxylic acids is 1. The van der Waals surface area contributed by atoms with Crippen LogP contribution >= 0.6 is 0 Å². The molecule has 0 atom stereocenters. The Kier molecular flexibility index (Phi) is 4.30. The molecule has 4 heterocycles. The maximum atomic E-state index is 11.4. The van der Waals surface area contributed by atoms with E-state index in [0.29, 0.717) is 22.4 Å². The third-order valence-electron chi connectivity index (χ3n) is 4.36. The van der Waals surface area contributed by atoms with Crippen molar-refractivity contribution in [3.63, 3.8) is 0 Å². The molecule has 7 nitrogen and oxygen atoms in total. The summed E-state index contributed by atoms with van der Waals surface area (Å²) >= 11 is 0. The Labute approximate surface area is 161 Å². The zero-order chi connectivity index (χ0) is 19.7. The van der Waals surface area contributed by atoms with E-state index >= 15 is 0 Å². The first-order chi connectivity index (χ1) is 13.6. The molecule has 0 spiro atoms. The number of hydrogen-bond acceptors (Lipinski definition) is 5. The second kappa shape index (κ2) is 6.93. The van der Waals surface area contributed by atoms with Gasteiger partial charge in [-0.3, -0.25) is 14.8 Å². The summed E-state index contributed by atoms with van der Waals surface area (Å²) in [6, 6.07) is 11.4. The van der Waals surface area contributed by atoms with Crippen LogP contribution in [0.2, 0.25) is 0 Å². The van der Waals surface area contributed by atoms with Gasteiger partial charge < -0.3 is 10.3 Å². The Morgan fingerprint density at radius 3 is 2.64 bits per heavy atom. The fourth-order valence-electron chi connectivity index (χ4n) is 3.12. The number of nitrogens with zero attached hydrogens (tertiary/aromatic N) is 4. The number of aromatic nitrogens is 4. The van der Waals surface area contributed by atoms with Crippen LogP contribution in [0.5, 0.6) is 0 Å². The second-order valence-electron chi connectivity index (χ2n) is 6.37. The molecule has 1 amide bonds. The second-order valence-corrected chi connectivity index (χ2v) is 6.37. The summed E-state index contributed by atoms with van der Waals surface area (Å²) < 4.78 is 0. The molecule has 0 aliphatic carbocycles. The van der Waals surface area contributed by atoms with Crippen molar-refractivity contribution in [3.05, 3.63) is 60.2 Å². The summed E-state index contributed by atoms with van der Waals surface area (Å²) in [7, 11) is 0. The molecule has 0 saturated heterocycles. The minimum Gasteiger partial charge on any atom is -0.352 e. The van der Waals surface area contributed by atoms with Crippen molar-refractivity contribution >= 4 is 22.8 Å². The molecule has 0 saturated carbocycles. The molecule has 0 radical (unpaired) electrons. The summed E-state index contributed by atoms with van der Waals surface area (Å²) in [6.45, 7) is 3.36. The van der Waals surface area contributed by atoms with Crippen LogP contribution in [0.1, 0.15) is 18.2 Å². The largest absolute Gasteiger partial charge is 0.352 e. The predicted molar refractivity (Wildman–Crippen MR) is 106 cm³/mol. The first-order valence-corrected chi connectivity index (χ1v) is 8.64. The highest BCUT2D eigenvalue weighted by Crippen LogP contribution is 2.38. The number of carbonyl (C=O) groups is 1. The molecule has 0 aromatic carbocycles. The lowest BCUT2D eigenvalue weighted by Crippen LogP contribution is -2.07. The van der Waals surface area contributed by atoms with Gasteiger partial charge in [-0.25, -0.2) is 4.98 Å². The maximum absolute atomic E-state index is 11.4. The Hall–Kier alpha value is -4.05. The Morgan fingerprint density at radius 2 is 1.93 bits per heavy atom. The van der Waals surface area contributed by atoms with Crippen molar-refractivity contribution in [1.82, 2.24) is 19.9 Å². The average Bonchev–Trinajstić information content (AvgIpc) is 3.08. The van der Waals surface area contributed by atoms with E-state index in [1.54, 1.807) is 30.7 Å². The van der Waals surface area contributed by atoms with Gasteiger partial charge in [-0.15, -0.1) is 0 Å². The van der Waals surface area contributed by atoms with E-state index in [2.05, 4.69) is 31.3 Å². The average molecular weight is 368 g/mol. The summed E-state index contributed by atoms with van der Waals surface area (Å²) in [6.07, 6.45) is 5.04. The van der Waals surface area contributed by atoms with Crippen LogP contribution in [0.15, 0.2) is 48.9 Å². The normalized spacial score (nSPS) is 10.6. The van der Waals surface area contributed by atoms with E-state index in [4.69, 9.17) is 0 Å². The number of amides is 1. The van der Waals surface area contributed by atoms with Crippen molar-refractivity contribution in [3.8, 4) is 28.5 Å². The van der Waals surface area contributed by atoms with Gasteiger partial charge in [0.15, 0.2) is 0 Å². The van der Waals surface area contributed by atoms with E-state index in [1.165, 1.54) is 6.92 Å². The molecule has 0 aliphatic rings. The van der Waals surface area contributed by atoms with Crippen LogP contribution in [0.3, 0.4) is 0 Å². The zero-order valence-electron chi connectivity index (χ0n) is 15.3. The highest BCUT2D eigenvalue weighted by Gasteiger charge is 2.19. The molecule has 7 heteroatoms. The molecule has 0 aliphatic heterocycles.